The minimum Gasteiger partial charge on any atom is -0.492 e. The number of hydrogen-bond acceptors (Lipinski definition) is 38. The minimum atomic E-state index is -2.29. The number of Topliss-reactive ketones (excluding diaryl/α,β-unsaturated/α-hetero) is 1. The molecule has 2 aromatic rings. The first-order chi connectivity index (χ1) is 63.8. The van der Waals surface area contributed by atoms with Crippen LogP contribution in [0.25, 0.3) is 0 Å². The summed E-state index contributed by atoms with van der Waals surface area (Å²) in [6.45, 7) is 15.3. The van der Waals surface area contributed by atoms with Crippen molar-refractivity contribution in [3.63, 3.8) is 0 Å². The molecule has 22 atom stereocenters. The van der Waals surface area contributed by atoms with Gasteiger partial charge in [0, 0.05) is 73.9 Å². The van der Waals surface area contributed by atoms with Crippen molar-refractivity contribution in [3.8, 4) is 40.9 Å². The molecule has 744 valence electrons. The summed E-state index contributed by atoms with van der Waals surface area (Å²) in [4.78, 5) is 141. The Morgan fingerprint density at radius 3 is 2.09 bits per heavy atom. The van der Waals surface area contributed by atoms with Gasteiger partial charge in [-0.3, -0.25) is 48.5 Å². The van der Waals surface area contributed by atoms with Crippen LogP contribution in [0, 0.1) is 34.2 Å². The van der Waals surface area contributed by atoms with E-state index < -0.39 is 216 Å². The standard InChI is InChI=1S/C87H123IN10O33S3/c1-15-98(61(104)41-92-84(112)124-42-50-21-23-51(24-22-50)94-80(110)53(36-59(90)102)95-79(109)46(4)93-78(108)45(3)89)54-43-123-62(38-58(54)115-10)129-75-70(106)67(97-131-63-37-55(100)77(49(7)125-63)133-81(111)64-44(2)66(88)73(76(118-13)72(64)116-11)130-82-71(107)74(117-12)69(105)48(6)127-82)47(5)126-83(75)128-57-20-18-16-17-19-26-87(114)39-56(101)68(96-85(113)119-14)65(57)52(87)25-35-132-134-86(8,9)40-60(103)91-27-29-120-31-33-122-34-32-121-30-28-99/h16-17,21-25,45-49,53-55,57-58,62-63,67,69-71,74-75,77,82-83,97,99-100,105-107,114H,15,27-43,89H2,1-14H3,(H2,90,102)(H,91,103)(H,92,112)(H,93,108)(H,94,110)(H,95,109)(H,96,113)/b17-16-,52-25+/t45-,46-,47?,48?,49?,53-,54?,55?,57-,58?,62?,63?,67?,69?,70?,71?,74?,75?,77?,82?,83?,87-/m0/s1. The molecule has 2 bridgehead atoms. The van der Waals surface area contributed by atoms with Crippen LogP contribution in [0.4, 0.5) is 15.3 Å². The van der Waals surface area contributed by atoms with Gasteiger partial charge >= 0.3 is 12.2 Å². The van der Waals surface area contributed by atoms with Crippen LogP contribution >= 0.6 is 55.9 Å². The normalized spacial score (nSPS) is 27.4. The van der Waals surface area contributed by atoms with Crippen molar-refractivity contribution in [1.82, 2.24) is 37.0 Å². The lowest BCUT2D eigenvalue weighted by atomic mass is 9.75. The van der Waals surface area contributed by atoms with Gasteiger partial charge in [-0.2, -0.15) is 5.48 Å². The third kappa shape index (κ3) is 31.2. The van der Waals surface area contributed by atoms with E-state index in [0.29, 0.717) is 34.5 Å². The summed E-state index contributed by atoms with van der Waals surface area (Å²) >= 11 is 2.72. The number of aliphatic hydroxyl groups excluding tert-OH is 5. The average molecular weight is 2060 g/mol. The third-order valence-electron chi connectivity index (χ3n) is 21.8. The van der Waals surface area contributed by atoms with Crippen LogP contribution in [0.15, 0.2) is 59.3 Å². The number of fused-ring (bicyclic) bond motifs is 2. The number of allylic oxidation sites excluding steroid dienone is 3. The van der Waals surface area contributed by atoms with Gasteiger partial charge in [-0.05, 0) is 120 Å². The van der Waals surface area contributed by atoms with Crippen molar-refractivity contribution in [2.75, 3.05) is 119 Å². The average Bonchev–Trinajstić information content (AvgIpc) is 0.749. The van der Waals surface area contributed by atoms with Crippen LogP contribution < -0.4 is 63.1 Å². The number of anilines is 1. The van der Waals surface area contributed by atoms with E-state index in [-0.39, 0.29) is 123 Å². The Morgan fingerprint density at radius 2 is 1.45 bits per heavy atom. The number of methoxy groups -OCH3 is 5. The van der Waals surface area contributed by atoms with Crippen LogP contribution in [0.2, 0.25) is 0 Å². The second-order valence-corrected chi connectivity index (χ2v) is 37.5. The molecule has 8 rings (SSSR count). The molecule has 0 saturated carbocycles. The third-order valence-corrected chi connectivity index (χ3v) is 27.6. The van der Waals surface area contributed by atoms with Gasteiger partial charge in [-0.1, -0.05) is 75.2 Å². The van der Waals surface area contributed by atoms with Gasteiger partial charge in [0.1, 0.15) is 61.9 Å². The highest BCUT2D eigenvalue weighted by molar-refractivity contribution is 14.1. The molecule has 6 aliphatic rings. The lowest BCUT2D eigenvalue weighted by molar-refractivity contribution is -0.337. The molecule has 8 amide bonds. The molecule has 4 fully saturated rings. The topological polar surface area (TPSA) is 588 Å². The fourth-order valence-corrected chi connectivity index (χ4v) is 19.0. The predicted molar refractivity (Wildman–Crippen MR) is 491 cm³/mol. The zero-order valence-electron chi connectivity index (χ0n) is 76.8. The summed E-state index contributed by atoms with van der Waals surface area (Å²) in [6.07, 6.45) is -19.2. The van der Waals surface area contributed by atoms with E-state index in [1.165, 1.54) is 105 Å². The van der Waals surface area contributed by atoms with E-state index in [0.717, 1.165) is 18.9 Å². The summed E-state index contributed by atoms with van der Waals surface area (Å²) < 4.78 is 94.7. The van der Waals surface area contributed by atoms with E-state index in [4.69, 9.17) is 97.2 Å². The zero-order chi connectivity index (χ0) is 98.4. The number of ether oxygens (including phenoxy) is 16. The van der Waals surface area contributed by atoms with Gasteiger partial charge in [-0.25, -0.2) is 9.59 Å². The van der Waals surface area contributed by atoms with Gasteiger partial charge < -0.3 is 149 Å². The Morgan fingerprint density at radius 1 is 0.769 bits per heavy atom. The van der Waals surface area contributed by atoms with Gasteiger partial charge in [0.25, 0.3) is 0 Å². The van der Waals surface area contributed by atoms with E-state index in [1.54, 1.807) is 40.7 Å². The minimum absolute atomic E-state index is 0.0253. The molecule has 17 N–H and O–H groups in total. The lowest BCUT2D eigenvalue weighted by Gasteiger charge is -2.47. The number of carbonyl (C=O) groups excluding carboxylic acids is 10. The number of halogens is 1. The highest BCUT2D eigenvalue weighted by Gasteiger charge is 2.53. The summed E-state index contributed by atoms with van der Waals surface area (Å²) in [5, 5.41) is 82.2. The van der Waals surface area contributed by atoms with Crippen LogP contribution in [0.1, 0.15) is 109 Å². The number of aliphatic hydroxyl groups is 6. The molecule has 0 aromatic heterocycles. The second kappa shape index (κ2) is 53.7. The Bertz CT molecular complexity index is 4580. The molecule has 43 nitrogen and oxygen atoms in total. The zero-order valence-corrected chi connectivity index (χ0v) is 81.4. The number of likely N-dealkylation sites (N-methyl/N-ethyl adjacent to an activating group) is 1. The van der Waals surface area contributed by atoms with E-state index in [9.17, 15) is 73.5 Å². The Balaban J connectivity index is 1.00. The number of nitrogens with zero attached hydrogens (tertiary/aromatic N) is 1. The Kier molecular flexibility index (Phi) is 44.5. The van der Waals surface area contributed by atoms with Gasteiger partial charge in [-0.15, -0.1) is 0 Å². The molecular formula is C87H123IN10O33S3. The van der Waals surface area contributed by atoms with E-state index in [1.807, 2.05) is 36.4 Å². The van der Waals surface area contributed by atoms with Crippen LogP contribution in [0.3, 0.4) is 0 Å². The van der Waals surface area contributed by atoms with Crippen molar-refractivity contribution >= 4 is 120 Å². The SMILES string of the molecule is CCN(C(=O)CNC(=O)OCc1ccc(NC(=O)[C@H](CC(N)=O)NC(=O)[C@H](C)NC(=O)[C@H](C)N)cc1)C1COC(OC2C(O[C@H]3C#C/C=C\C#C[C@]4(O)CC(=O)C(NC(=O)OC)=C3/C4=C\CSSC(C)(C)CC(=O)NCCOCCOCCOCCO)OC(C)C(NOC3CC(O)C(SC(=O)c4c(C)c(I)c(OC5OC(C)C(O)C(OC)C5O)c(OC)c4OC)C(C)O3)C2O)CC1OC. The van der Waals surface area contributed by atoms with Gasteiger partial charge in [0.2, 0.25) is 52.6 Å². The maximum absolute atomic E-state index is 14.7. The monoisotopic (exact) mass is 2060 g/mol. The molecule has 4 aliphatic heterocycles. The van der Waals surface area contributed by atoms with E-state index in [2.05, 4.69) is 61.1 Å². The number of amides is 8. The molecule has 47 heteroatoms. The molecule has 0 radical (unpaired) electrons. The highest BCUT2D eigenvalue weighted by atomic mass is 127. The summed E-state index contributed by atoms with van der Waals surface area (Å²) in [6, 6.07) is 0.312. The van der Waals surface area contributed by atoms with Crippen LogP contribution in [-0.4, -0.2) is 346 Å². The highest BCUT2D eigenvalue weighted by Crippen LogP contribution is 2.50. The van der Waals surface area contributed by atoms with Crippen LogP contribution in [-0.2, 0) is 107 Å². The van der Waals surface area contributed by atoms with Gasteiger partial charge in [0.15, 0.2) is 41.8 Å². The molecule has 17 unspecified atom stereocenters. The molecule has 4 heterocycles. The fraction of sp³-hybridized carbons (Fsp3) is 0.632. The number of hydroxylamine groups is 1. The molecule has 0 spiro atoms. The largest absolute Gasteiger partial charge is 0.492 e. The number of carbonyl (C=O) groups is 10. The molecule has 4 saturated heterocycles. The Labute approximate surface area is 801 Å². The van der Waals surface area contributed by atoms with Crippen molar-refractivity contribution in [3.05, 3.63) is 79.6 Å². The number of nitrogens with two attached hydrogens (primary N) is 2. The molecular weight excluding hydrogens is 1940 g/mol. The van der Waals surface area contributed by atoms with Gasteiger partial charge in [0.05, 0.1) is 156 Å². The quantitative estimate of drug-likeness (QED) is 0.0142. The number of ketones is 1. The maximum Gasteiger partial charge on any atom is 0.411 e. The number of rotatable bonds is 47. The number of hydrogen-bond donors (Lipinski definition) is 15. The first-order valence-corrected chi connectivity index (χ1v) is 47.3. The first kappa shape index (κ1) is 111. The Hall–Kier alpha value is -8.14. The molecule has 2 aliphatic carbocycles. The fourth-order valence-electron chi connectivity index (χ4n) is 14.9. The number of primary amides is 1. The van der Waals surface area contributed by atoms with Crippen molar-refractivity contribution in [2.24, 2.45) is 11.5 Å². The second-order valence-electron chi connectivity index (χ2n) is 32.2. The summed E-state index contributed by atoms with van der Waals surface area (Å²) in [5.74, 6) is 6.69. The lowest BCUT2D eigenvalue weighted by Crippen LogP contribution is -2.65. The summed E-state index contributed by atoms with van der Waals surface area (Å²) in [5.41, 5.74) is 12.0. The smallest absolute Gasteiger partial charge is 0.411 e. The number of alkyl carbamates (subject to hydrolysis) is 2. The van der Waals surface area contributed by atoms with Crippen LogP contribution in [0.5, 0.6) is 17.2 Å². The van der Waals surface area contributed by atoms with E-state index >= 15 is 0 Å². The number of nitrogens with one attached hydrogen (secondary N) is 7. The molecule has 2 aromatic carbocycles. The summed E-state index contributed by atoms with van der Waals surface area (Å²) in [7, 11) is 9.07. The number of thioether (sulfide) groups is 1. The molecule has 134 heavy (non-hydrogen) atoms. The van der Waals surface area contributed by atoms with Crippen molar-refractivity contribution in [2.45, 2.75) is 239 Å². The van der Waals surface area contributed by atoms with Crippen molar-refractivity contribution < 1.29 is 159 Å². The first-order valence-electron chi connectivity index (χ1n) is 43.1. The number of benzene rings is 2. The maximum atomic E-state index is 14.7. The predicted octanol–water partition coefficient (Wildman–Crippen LogP) is 0.562. The van der Waals surface area contributed by atoms with Crippen molar-refractivity contribution in [1.29, 1.82) is 0 Å².